The Kier molecular flexibility index (Phi) is 6.68. The van der Waals surface area contributed by atoms with Gasteiger partial charge in [-0.2, -0.15) is 0 Å². The van der Waals surface area contributed by atoms with Crippen LogP contribution in [0.25, 0.3) is 98.3 Å². The lowest BCUT2D eigenvalue weighted by molar-refractivity contribution is 0.669. The van der Waals surface area contributed by atoms with E-state index in [1.807, 2.05) is 35.6 Å². The minimum atomic E-state index is 0.625. The van der Waals surface area contributed by atoms with Crippen LogP contribution in [0.4, 0.5) is 0 Å². The van der Waals surface area contributed by atoms with Crippen LogP contribution in [0.2, 0.25) is 0 Å². The molecule has 3 aromatic heterocycles. The van der Waals surface area contributed by atoms with E-state index in [0.717, 1.165) is 66.7 Å². The van der Waals surface area contributed by atoms with Crippen molar-refractivity contribution in [1.82, 2.24) is 9.97 Å². The monoisotopic (exact) mass is 656 g/mol. The summed E-state index contributed by atoms with van der Waals surface area (Å²) >= 11 is 1.84. The molecule has 0 atom stereocenters. The number of furan rings is 1. The molecule has 0 radical (unpaired) electrons. The van der Waals surface area contributed by atoms with Crippen LogP contribution in [0.5, 0.6) is 0 Å². The van der Waals surface area contributed by atoms with Gasteiger partial charge in [-0.1, -0.05) is 146 Å². The van der Waals surface area contributed by atoms with Gasteiger partial charge in [0.2, 0.25) is 0 Å². The molecule has 0 aliphatic carbocycles. The lowest BCUT2D eigenvalue weighted by Crippen LogP contribution is -1.97. The Bertz CT molecular complexity index is 2870. The van der Waals surface area contributed by atoms with Gasteiger partial charge < -0.3 is 4.42 Å². The quantitative estimate of drug-likeness (QED) is 0.185. The van der Waals surface area contributed by atoms with Crippen LogP contribution in [0.1, 0.15) is 0 Å². The number of para-hydroxylation sites is 1. The molecule has 0 aliphatic rings. The fourth-order valence-electron chi connectivity index (χ4n) is 7.23. The van der Waals surface area contributed by atoms with Gasteiger partial charge in [0.25, 0.3) is 0 Å². The molecule has 0 unspecified atom stereocenters. The van der Waals surface area contributed by atoms with Crippen LogP contribution < -0.4 is 0 Å². The molecular weight excluding hydrogens is 629 g/mol. The maximum atomic E-state index is 6.78. The van der Waals surface area contributed by atoms with Crippen LogP contribution in [0.15, 0.2) is 174 Å². The first-order valence-electron chi connectivity index (χ1n) is 16.7. The largest absolute Gasteiger partial charge is 0.455 e. The summed E-state index contributed by atoms with van der Waals surface area (Å²) in [7, 11) is 0. The molecule has 10 aromatic rings. The van der Waals surface area contributed by atoms with Crippen LogP contribution >= 0.6 is 11.3 Å². The third kappa shape index (κ3) is 4.65. The summed E-state index contributed by atoms with van der Waals surface area (Å²) in [6.07, 6.45) is 0. The number of nitrogens with zero attached hydrogens (tertiary/aromatic N) is 2. The Balaban J connectivity index is 1.25. The minimum Gasteiger partial charge on any atom is -0.455 e. The van der Waals surface area contributed by atoms with Gasteiger partial charge in [0, 0.05) is 47.6 Å². The molecule has 0 fully saturated rings. The van der Waals surface area contributed by atoms with E-state index in [1.165, 1.54) is 25.7 Å². The number of thiophene rings is 1. The van der Waals surface area contributed by atoms with Crippen molar-refractivity contribution in [3.8, 4) is 56.2 Å². The summed E-state index contributed by atoms with van der Waals surface area (Å²) in [4.78, 5) is 10.6. The molecule has 50 heavy (non-hydrogen) atoms. The zero-order chi connectivity index (χ0) is 33.0. The van der Waals surface area contributed by atoms with Crippen LogP contribution in [0, 0.1) is 0 Å². The normalized spacial score (nSPS) is 11.6. The summed E-state index contributed by atoms with van der Waals surface area (Å²) in [5.74, 6) is 0.625. The second-order valence-electron chi connectivity index (χ2n) is 12.5. The van der Waals surface area contributed by atoms with Crippen molar-refractivity contribution in [2.45, 2.75) is 0 Å². The average Bonchev–Trinajstić information content (AvgIpc) is 3.77. The van der Waals surface area contributed by atoms with Gasteiger partial charge in [-0.3, -0.25) is 0 Å². The van der Waals surface area contributed by atoms with Crippen molar-refractivity contribution in [3.63, 3.8) is 0 Å². The number of hydrogen-bond donors (Lipinski definition) is 0. The van der Waals surface area contributed by atoms with E-state index in [4.69, 9.17) is 14.4 Å². The van der Waals surface area contributed by atoms with Gasteiger partial charge >= 0.3 is 0 Å². The Labute approximate surface area is 292 Å². The number of fused-ring (bicyclic) bond motifs is 6. The van der Waals surface area contributed by atoms with Crippen molar-refractivity contribution in [2.75, 3.05) is 0 Å². The molecule has 10 rings (SSSR count). The minimum absolute atomic E-state index is 0.625. The lowest BCUT2D eigenvalue weighted by Gasteiger charge is -2.14. The number of aromatic nitrogens is 2. The van der Waals surface area contributed by atoms with E-state index >= 15 is 0 Å². The van der Waals surface area contributed by atoms with Crippen LogP contribution in [0.3, 0.4) is 0 Å². The van der Waals surface area contributed by atoms with Gasteiger partial charge in [0.1, 0.15) is 11.2 Å². The Morgan fingerprint density at radius 3 is 1.88 bits per heavy atom. The van der Waals surface area contributed by atoms with Crippen molar-refractivity contribution < 1.29 is 4.42 Å². The zero-order valence-electron chi connectivity index (χ0n) is 26.9. The highest BCUT2D eigenvalue weighted by Crippen LogP contribution is 2.46. The van der Waals surface area contributed by atoms with Crippen LogP contribution in [-0.4, -0.2) is 9.97 Å². The second kappa shape index (κ2) is 11.7. The van der Waals surface area contributed by atoms with E-state index in [2.05, 4.69) is 146 Å². The maximum Gasteiger partial charge on any atom is 0.164 e. The second-order valence-corrected chi connectivity index (χ2v) is 13.5. The molecule has 0 saturated heterocycles. The highest BCUT2D eigenvalue weighted by Gasteiger charge is 2.22. The molecule has 0 amide bonds. The smallest absolute Gasteiger partial charge is 0.164 e. The van der Waals surface area contributed by atoms with Crippen molar-refractivity contribution >= 4 is 53.4 Å². The highest BCUT2D eigenvalue weighted by molar-refractivity contribution is 7.26. The molecule has 0 spiro atoms. The summed E-state index contributed by atoms with van der Waals surface area (Å²) in [6, 6.07) is 59.4. The van der Waals surface area contributed by atoms with Crippen LogP contribution in [-0.2, 0) is 0 Å². The molecular formula is C46H28N2OS. The summed E-state index contributed by atoms with van der Waals surface area (Å²) in [6.45, 7) is 0. The summed E-state index contributed by atoms with van der Waals surface area (Å²) in [5, 5.41) is 4.71. The Hall–Kier alpha value is -6.36. The van der Waals surface area contributed by atoms with E-state index in [0.29, 0.717) is 5.82 Å². The number of benzene rings is 7. The predicted molar refractivity (Wildman–Crippen MR) is 209 cm³/mol. The third-order valence-electron chi connectivity index (χ3n) is 9.54. The first-order chi connectivity index (χ1) is 24.8. The molecule has 234 valence electrons. The maximum absolute atomic E-state index is 6.78. The van der Waals surface area contributed by atoms with Gasteiger partial charge in [-0.05, 0) is 41.0 Å². The molecule has 0 N–H and O–H groups in total. The molecule has 0 bridgehead atoms. The van der Waals surface area contributed by atoms with E-state index < -0.39 is 0 Å². The average molecular weight is 657 g/mol. The summed E-state index contributed by atoms with van der Waals surface area (Å²) in [5.41, 5.74) is 10.9. The fourth-order valence-corrected chi connectivity index (χ4v) is 8.46. The standard InChI is InChI=1S/C46H28N2OS/c1-3-14-29(15-4-1)31-18-7-8-19-32(31)40-28-39(30-16-5-2-6-17-30)47-46(48-40)38-27-26-34(43-37-21-9-11-24-41(37)49-44(38)43)36-23-13-22-35-33-20-10-12-25-42(33)50-45(35)36/h1-28H. The topological polar surface area (TPSA) is 38.9 Å². The van der Waals surface area contributed by atoms with Gasteiger partial charge in [0.15, 0.2) is 5.82 Å². The molecule has 3 nitrogen and oxygen atoms in total. The number of rotatable bonds is 5. The highest BCUT2D eigenvalue weighted by atomic mass is 32.1. The third-order valence-corrected chi connectivity index (χ3v) is 10.8. The lowest BCUT2D eigenvalue weighted by atomic mass is 9.95. The van der Waals surface area contributed by atoms with Crippen molar-refractivity contribution in [1.29, 1.82) is 0 Å². The van der Waals surface area contributed by atoms with E-state index in [9.17, 15) is 0 Å². The predicted octanol–water partition coefficient (Wildman–Crippen LogP) is 13.1. The van der Waals surface area contributed by atoms with Gasteiger partial charge in [-0.25, -0.2) is 9.97 Å². The van der Waals surface area contributed by atoms with Gasteiger partial charge in [0.05, 0.1) is 17.0 Å². The molecule has 0 aliphatic heterocycles. The van der Waals surface area contributed by atoms with Gasteiger partial charge in [-0.15, -0.1) is 11.3 Å². The Morgan fingerprint density at radius 2 is 1.04 bits per heavy atom. The van der Waals surface area contributed by atoms with Crippen molar-refractivity contribution in [3.05, 3.63) is 170 Å². The first kappa shape index (κ1) is 28.6. The molecule has 4 heteroatoms. The first-order valence-corrected chi connectivity index (χ1v) is 17.6. The molecule has 7 aromatic carbocycles. The Morgan fingerprint density at radius 1 is 0.420 bits per heavy atom. The molecule has 3 heterocycles. The van der Waals surface area contributed by atoms with Crippen molar-refractivity contribution in [2.24, 2.45) is 0 Å². The van der Waals surface area contributed by atoms with E-state index in [1.54, 1.807) is 0 Å². The SMILES string of the molecule is c1ccc(-c2cc(-c3ccccc3-c3ccccc3)nc(-c3ccc(-c4cccc5c4sc4ccccc45)c4c3oc3ccccc34)n2)cc1. The fraction of sp³-hybridized carbons (Fsp3) is 0. The zero-order valence-corrected chi connectivity index (χ0v) is 27.7. The van der Waals surface area contributed by atoms with E-state index in [-0.39, 0.29) is 0 Å². The summed E-state index contributed by atoms with van der Waals surface area (Å²) < 4.78 is 9.34. The molecule has 0 saturated carbocycles. The number of hydrogen-bond acceptors (Lipinski definition) is 4.